The monoisotopic (exact) mass is 660 g/mol. The molecule has 2 N–H and O–H groups in total. The summed E-state index contributed by atoms with van der Waals surface area (Å²) in [6, 6.07) is 0.178. The fourth-order valence-electron chi connectivity index (χ4n) is 3.46. The molecule has 0 fully saturated rings. The molecule has 0 aromatic heterocycles. The topological polar surface area (TPSA) is 97.5 Å². The van der Waals surface area contributed by atoms with Crippen LogP contribution in [0.15, 0.2) is 70.5 Å². The van der Waals surface area contributed by atoms with E-state index in [4.69, 9.17) is 5.14 Å². The van der Waals surface area contributed by atoms with Crippen molar-refractivity contribution in [2.24, 2.45) is 5.14 Å². The van der Waals surface area contributed by atoms with Gasteiger partial charge in [0.2, 0.25) is 10.0 Å². The molecule has 0 bridgehead atoms. The van der Waals surface area contributed by atoms with Crippen LogP contribution in [0, 0.1) is 0 Å². The first-order chi connectivity index (χ1) is 18.7. The summed E-state index contributed by atoms with van der Waals surface area (Å²) in [6.07, 6.45) is -22.5. The Labute approximate surface area is 228 Å². The first-order valence-electron chi connectivity index (χ1n) is 10.5. The van der Waals surface area contributed by atoms with Crippen LogP contribution in [0.25, 0.3) is 0 Å². The summed E-state index contributed by atoms with van der Waals surface area (Å²) < 4.78 is 212. The summed E-state index contributed by atoms with van der Waals surface area (Å²) in [5, 5.41) is 4.90. The molecular weight excluding hydrogens is 648 g/mol. The van der Waals surface area contributed by atoms with Crippen molar-refractivity contribution in [3.05, 3.63) is 82.9 Å². The minimum Gasteiger partial charge on any atom is -0.234 e. The van der Waals surface area contributed by atoms with Gasteiger partial charge >= 0.3 is 24.7 Å². The van der Waals surface area contributed by atoms with Crippen LogP contribution in [0.1, 0.15) is 22.3 Å². The minimum absolute atomic E-state index is 0.244. The maximum atomic E-state index is 13.6. The molecule has 230 valence electrons. The van der Waals surface area contributed by atoms with Crippen LogP contribution in [0.2, 0.25) is 0 Å². The van der Waals surface area contributed by atoms with Crippen LogP contribution in [-0.4, -0.2) is 16.8 Å². The highest BCUT2D eigenvalue weighted by Crippen LogP contribution is 2.45. The summed E-state index contributed by atoms with van der Waals surface area (Å²) >= 11 is 0. The number of hydrogen-bond acceptors (Lipinski definition) is 4. The molecule has 0 saturated heterocycles. The summed E-state index contributed by atoms with van der Waals surface area (Å²) in [6.45, 7) is 0. The van der Waals surface area contributed by atoms with Crippen molar-refractivity contribution in [2.75, 3.05) is 4.31 Å². The molecule has 3 aromatic rings. The second kappa shape index (κ2) is 10.3. The lowest BCUT2D eigenvalue weighted by atomic mass is 10.1. The average molecular weight is 660 g/mol. The zero-order chi connectivity index (χ0) is 32.3. The maximum Gasteiger partial charge on any atom is 0.416 e. The largest absolute Gasteiger partial charge is 0.416 e. The van der Waals surface area contributed by atoms with Crippen LogP contribution in [0.4, 0.5) is 64.1 Å². The van der Waals surface area contributed by atoms with Crippen molar-refractivity contribution in [1.82, 2.24) is 0 Å². The van der Waals surface area contributed by atoms with E-state index in [2.05, 4.69) is 0 Å². The van der Waals surface area contributed by atoms with E-state index in [1.54, 1.807) is 0 Å². The summed E-state index contributed by atoms with van der Waals surface area (Å²) in [4.78, 5) is -2.27. The van der Waals surface area contributed by atoms with E-state index in [9.17, 15) is 69.5 Å². The number of nitrogens with two attached hydrogens (primary N) is 1. The third-order valence-electron chi connectivity index (χ3n) is 5.29. The minimum atomic E-state index is -5.80. The molecule has 42 heavy (non-hydrogen) atoms. The van der Waals surface area contributed by atoms with Gasteiger partial charge in [-0.25, -0.2) is 26.3 Å². The Balaban J connectivity index is 2.55. The SMILES string of the molecule is NS(=O)(=O)c1cccc(S(=O)(=O)N(c2cc(C(F)(F)F)cc(C(F)(F)F)c2)c2cc(C(F)(F)F)cc(C(F)(F)F)c2)c1. The van der Waals surface area contributed by atoms with Gasteiger partial charge in [-0.15, -0.1) is 0 Å². The Morgan fingerprint density at radius 2 is 0.810 bits per heavy atom. The van der Waals surface area contributed by atoms with Crippen LogP contribution >= 0.6 is 0 Å². The average Bonchev–Trinajstić information content (AvgIpc) is 2.81. The highest BCUT2D eigenvalue weighted by atomic mass is 32.2. The van der Waals surface area contributed by atoms with E-state index in [-0.39, 0.29) is 30.3 Å². The van der Waals surface area contributed by atoms with Crippen LogP contribution in [-0.2, 0) is 44.8 Å². The molecule has 0 aliphatic rings. The lowest BCUT2D eigenvalue weighted by molar-refractivity contribution is -0.144. The summed E-state index contributed by atoms with van der Waals surface area (Å²) in [5.41, 5.74) is -12.1. The Morgan fingerprint density at radius 1 is 0.500 bits per heavy atom. The number of alkyl halides is 12. The molecule has 0 amide bonds. The number of primary sulfonamides is 1. The number of hydrogen-bond donors (Lipinski definition) is 1. The predicted molar refractivity (Wildman–Crippen MR) is 120 cm³/mol. The second-order valence-corrected chi connectivity index (χ2v) is 11.7. The predicted octanol–water partition coefficient (Wildman–Crippen LogP) is 6.94. The van der Waals surface area contributed by atoms with E-state index >= 15 is 0 Å². The number of sulfonamides is 2. The summed E-state index contributed by atoms with van der Waals surface area (Å²) in [7, 11) is -10.5. The van der Waals surface area contributed by atoms with Gasteiger partial charge in [0, 0.05) is 0 Å². The van der Waals surface area contributed by atoms with Gasteiger partial charge in [0.05, 0.1) is 43.4 Å². The number of anilines is 2. The van der Waals surface area contributed by atoms with E-state index in [0.717, 1.165) is 0 Å². The van der Waals surface area contributed by atoms with E-state index in [0.29, 0.717) is 18.2 Å². The molecule has 0 atom stereocenters. The van der Waals surface area contributed by atoms with Crippen molar-refractivity contribution < 1.29 is 69.5 Å². The normalized spacial score (nSPS) is 13.7. The Hall–Kier alpha value is -3.52. The Morgan fingerprint density at radius 3 is 1.10 bits per heavy atom. The van der Waals surface area contributed by atoms with Crippen molar-refractivity contribution in [3.8, 4) is 0 Å². The van der Waals surface area contributed by atoms with Gasteiger partial charge in [0.25, 0.3) is 10.0 Å². The van der Waals surface area contributed by atoms with Crippen molar-refractivity contribution >= 4 is 31.4 Å². The Bertz CT molecular complexity index is 1590. The van der Waals surface area contributed by atoms with Gasteiger partial charge in [0.15, 0.2) is 0 Å². The molecule has 0 aliphatic heterocycles. The maximum absolute atomic E-state index is 13.6. The quantitative estimate of drug-likeness (QED) is 0.300. The smallest absolute Gasteiger partial charge is 0.234 e. The molecule has 0 heterocycles. The van der Waals surface area contributed by atoms with Gasteiger partial charge < -0.3 is 0 Å². The number of halogens is 12. The molecule has 3 rings (SSSR count). The highest BCUT2D eigenvalue weighted by Gasteiger charge is 2.42. The standard InChI is InChI=1S/C22H12F12N2O4S2/c23-19(24,25)11-4-12(20(26,27)28)7-15(6-11)36(42(39,40)18-3-1-2-17(10-18)41(35,37)38)16-8-13(21(29,30)31)5-14(9-16)22(32,33)34/h1-10H,(H2,35,37,38). The fraction of sp³-hybridized carbons (Fsp3) is 0.182. The van der Waals surface area contributed by atoms with Gasteiger partial charge in [-0.2, -0.15) is 52.7 Å². The van der Waals surface area contributed by atoms with Gasteiger partial charge in [-0.1, -0.05) is 6.07 Å². The molecule has 0 unspecified atom stereocenters. The zero-order valence-corrected chi connectivity index (χ0v) is 21.4. The fourth-order valence-corrected chi connectivity index (χ4v) is 5.59. The highest BCUT2D eigenvalue weighted by molar-refractivity contribution is 7.93. The zero-order valence-electron chi connectivity index (χ0n) is 19.8. The molecule has 0 spiro atoms. The third kappa shape index (κ3) is 7.09. The lowest BCUT2D eigenvalue weighted by Crippen LogP contribution is -2.28. The van der Waals surface area contributed by atoms with Gasteiger partial charge in [-0.05, 0) is 54.6 Å². The van der Waals surface area contributed by atoms with Crippen molar-refractivity contribution in [2.45, 2.75) is 34.5 Å². The van der Waals surface area contributed by atoms with Crippen molar-refractivity contribution in [1.29, 1.82) is 0 Å². The molecule has 0 aliphatic carbocycles. The van der Waals surface area contributed by atoms with E-state index < -0.39 is 105 Å². The molecule has 3 aromatic carbocycles. The number of benzene rings is 3. The molecule has 0 saturated carbocycles. The molecule has 6 nitrogen and oxygen atoms in total. The molecule has 20 heteroatoms. The Kier molecular flexibility index (Phi) is 8.12. The number of nitrogens with zero attached hydrogens (tertiary/aromatic N) is 1. The van der Waals surface area contributed by atoms with Crippen LogP contribution < -0.4 is 9.44 Å². The van der Waals surface area contributed by atoms with Crippen molar-refractivity contribution in [3.63, 3.8) is 0 Å². The molecule has 0 radical (unpaired) electrons. The summed E-state index contributed by atoms with van der Waals surface area (Å²) in [5.74, 6) is 0. The molecular formula is C22H12F12N2O4S2. The van der Waals surface area contributed by atoms with E-state index in [1.807, 2.05) is 0 Å². The lowest BCUT2D eigenvalue weighted by Gasteiger charge is -2.28. The third-order valence-corrected chi connectivity index (χ3v) is 7.95. The van der Waals surface area contributed by atoms with Crippen LogP contribution in [0.5, 0.6) is 0 Å². The first kappa shape index (κ1) is 33.0. The van der Waals surface area contributed by atoms with Gasteiger partial charge in [-0.3, -0.25) is 0 Å². The van der Waals surface area contributed by atoms with Crippen LogP contribution in [0.3, 0.4) is 0 Å². The second-order valence-electron chi connectivity index (χ2n) is 8.32. The number of rotatable bonds is 5. The van der Waals surface area contributed by atoms with E-state index in [1.165, 1.54) is 0 Å². The van der Waals surface area contributed by atoms with Gasteiger partial charge in [0.1, 0.15) is 0 Å². The first-order valence-corrected chi connectivity index (χ1v) is 13.5.